The first-order chi connectivity index (χ1) is 8.04. The van der Waals surface area contributed by atoms with E-state index in [9.17, 15) is 0 Å². The number of hydrogen-bond acceptors (Lipinski definition) is 4. The molecule has 0 aliphatic heterocycles. The molecule has 1 aromatic heterocycles. The van der Waals surface area contributed by atoms with E-state index in [2.05, 4.69) is 23.7 Å². The molecule has 1 heterocycles. The van der Waals surface area contributed by atoms with E-state index in [0.29, 0.717) is 12.5 Å². The topological polar surface area (TPSA) is 51.4 Å². The molecular formula is C13H23N3O. The summed E-state index contributed by atoms with van der Waals surface area (Å²) in [5.41, 5.74) is 7.71. The van der Waals surface area contributed by atoms with Crippen molar-refractivity contribution in [3.63, 3.8) is 0 Å². The number of methoxy groups -OCH3 is 1. The van der Waals surface area contributed by atoms with Crippen LogP contribution in [0.3, 0.4) is 0 Å². The largest absolute Gasteiger partial charge is 0.396 e. The van der Waals surface area contributed by atoms with E-state index < -0.39 is 0 Å². The summed E-state index contributed by atoms with van der Waals surface area (Å²) in [5.74, 6) is 1.43. The second-order valence-electron chi connectivity index (χ2n) is 4.70. The van der Waals surface area contributed by atoms with Crippen molar-refractivity contribution in [1.29, 1.82) is 0 Å². The first kappa shape index (κ1) is 13.8. The predicted octanol–water partition coefficient (Wildman–Crippen LogP) is 2.08. The highest BCUT2D eigenvalue weighted by Crippen LogP contribution is 2.21. The molecule has 4 nitrogen and oxygen atoms in total. The molecule has 2 N–H and O–H groups in total. The van der Waals surface area contributed by atoms with Crippen molar-refractivity contribution in [2.24, 2.45) is 5.92 Å². The Kier molecular flexibility index (Phi) is 5.22. The maximum absolute atomic E-state index is 5.99. The highest BCUT2D eigenvalue weighted by Gasteiger charge is 2.13. The van der Waals surface area contributed by atoms with Gasteiger partial charge in [-0.1, -0.05) is 13.8 Å². The van der Waals surface area contributed by atoms with Crippen molar-refractivity contribution in [3.8, 4) is 0 Å². The summed E-state index contributed by atoms with van der Waals surface area (Å²) in [6, 6.07) is 3.85. The maximum Gasteiger partial charge on any atom is 0.152 e. The van der Waals surface area contributed by atoms with Gasteiger partial charge in [0.1, 0.15) is 0 Å². The van der Waals surface area contributed by atoms with E-state index in [1.54, 1.807) is 7.11 Å². The molecule has 0 aliphatic rings. The number of aryl methyl sites for hydroxylation is 1. The van der Waals surface area contributed by atoms with Gasteiger partial charge in [0.15, 0.2) is 5.82 Å². The summed E-state index contributed by atoms with van der Waals surface area (Å²) in [7, 11) is 1.71. The Hall–Kier alpha value is -1.29. The maximum atomic E-state index is 5.99. The fraction of sp³-hybridized carbons (Fsp3) is 0.615. The predicted molar refractivity (Wildman–Crippen MR) is 72.3 cm³/mol. The highest BCUT2D eigenvalue weighted by atomic mass is 16.5. The van der Waals surface area contributed by atoms with Crippen LogP contribution in [0.1, 0.15) is 19.5 Å². The zero-order valence-corrected chi connectivity index (χ0v) is 11.2. The van der Waals surface area contributed by atoms with Gasteiger partial charge in [0, 0.05) is 25.9 Å². The van der Waals surface area contributed by atoms with Gasteiger partial charge in [-0.2, -0.15) is 0 Å². The average molecular weight is 237 g/mol. The summed E-state index contributed by atoms with van der Waals surface area (Å²) in [6.07, 6.45) is 0. The number of aromatic nitrogens is 1. The lowest BCUT2D eigenvalue weighted by atomic mass is 10.2. The Balaban J connectivity index is 2.90. The molecule has 0 bridgehead atoms. The quantitative estimate of drug-likeness (QED) is 0.823. The number of hydrogen-bond donors (Lipinski definition) is 1. The van der Waals surface area contributed by atoms with Gasteiger partial charge in [0.25, 0.3) is 0 Å². The zero-order chi connectivity index (χ0) is 12.8. The number of anilines is 2. The zero-order valence-electron chi connectivity index (χ0n) is 11.2. The van der Waals surface area contributed by atoms with Crippen molar-refractivity contribution >= 4 is 11.5 Å². The van der Waals surface area contributed by atoms with Gasteiger partial charge in [-0.15, -0.1) is 0 Å². The third kappa shape index (κ3) is 4.23. The molecule has 0 aromatic carbocycles. The minimum absolute atomic E-state index is 0.563. The Bertz CT molecular complexity index is 353. The molecule has 4 heteroatoms. The third-order valence-electron chi connectivity index (χ3n) is 2.49. The minimum atomic E-state index is 0.563. The van der Waals surface area contributed by atoms with Crippen molar-refractivity contribution in [1.82, 2.24) is 4.98 Å². The van der Waals surface area contributed by atoms with E-state index in [0.717, 1.165) is 30.3 Å². The number of nitrogens with two attached hydrogens (primary N) is 1. The van der Waals surface area contributed by atoms with Crippen LogP contribution in [0.25, 0.3) is 0 Å². The number of ether oxygens (including phenoxy) is 1. The van der Waals surface area contributed by atoms with Crippen molar-refractivity contribution < 1.29 is 4.74 Å². The van der Waals surface area contributed by atoms with Gasteiger partial charge in [0.2, 0.25) is 0 Å². The van der Waals surface area contributed by atoms with E-state index in [-0.39, 0.29) is 0 Å². The Morgan fingerprint density at radius 3 is 2.71 bits per heavy atom. The summed E-state index contributed by atoms with van der Waals surface area (Å²) >= 11 is 0. The van der Waals surface area contributed by atoms with Gasteiger partial charge >= 0.3 is 0 Å². The Morgan fingerprint density at radius 2 is 2.12 bits per heavy atom. The van der Waals surface area contributed by atoms with Gasteiger partial charge < -0.3 is 15.4 Å². The van der Waals surface area contributed by atoms with Crippen molar-refractivity contribution in [3.05, 3.63) is 17.8 Å². The molecule has 0 saturated carbocycles. The molecule has 0 amide bonds. The van der Waals surface area contributed by atoms with Crippen LogP contribution in [0.2, 0.25) is 0 Å². The van der Waals surface area contributed by atoms with Crippen LogP contribution in [0.15, 0.2) is 12.1 Å². The lowest BCUT2D eigenvalue weighted by molar-refractivity contribution is 0.204. The average Bonchev–Trinajstić information content (AvgIpc) is 2.27. The lowest BCUT2D eigenvalue weighted by Gasteiger charge is -2.26. The van der Waals surface area contributed by atoms with Crippen LogP contribution in [-0.4, -0.2) is 31.8 Å². The smallest absolute Gasteiger partial charge is 0.152 e. The highest BCUT2D eigenvalue weighted by molar-refractivity contribution is 5.62. The van der Waals surface area contributed by atoms with E-state index in [1.807, 2.05) is 19.1 Å². The fourth-order valence-corrected chi connectivity index (χ4v) is 1.73. The fourth-order valence-electron chi connectivity index (χ4n) is 1.73. The van der Waals surface area contributed by atoms with Crippen LogP contribution >= 0.6 is 0 Å². The Morgan fingerprint density at radius 1 is 1.41 bits per heavy atom. The van der Waals surface area contributed by atoms with Gasteiger partial charge in [-0.05, 0) is 25.0 Å². The van der Waals surface area contributed by atoms with Crippen LogP contribution in [0.4, 0.5) is 11.5 Å². The monoisotopic (exact) mass is 237 g/mol. The molecule has 1 aromatic rings. The first-order valence-electron chi connectivity index (χ1n) is 6.01. The normalized spacial score (nSPS) is 10.9. The molecule has 17 heavy (non-hydrogen) atoms. The minimum Gasteiger partial charge on any atom is -0.396 e. The molecule has 0 saturated heterocycles. The molecule has 0 aliphatic carbocycles. The van der Waals surface area contributed by atoms with Crippen LogP contribution in [0, 0.1) is 12.8 Å². The molecule has 0 atom stereocenters. The Labute approximate surface area is 104 Å². The molecule has 1 rings (SSSR count). The number of nitrogen functional groups attached to an aromatic ring is 1. The van der Waals surface area contributed by atoms with Crippen molar-refractivity contribution in [2.45, 2.75) is 20.8 Å². The summed E-state index contributed by atoms with van der Waals surface area (Å²) in [6.45, 7) is 8.78. The van der Waals surface area contributed by atoms with Crippen LogP contribution in [0.5, 0.6) is 0 Å². The van der Waals surface area contributed by atoms with Gasteiger partial charge in [-0.25, -0.2) is 4.98 Å². The summed E-state index contributed by atoms with van der Waals surface area (Å²) in [4.78, 5) is 6.72. The second kappa shape index (κ2) is 6.45. The van der Waals surface area contributed by atoms with E-state index in [1.165, 1.54) is 0 Å². The lowest BCUT2D eigenvalue weighted by Crippen LogP contribution is -2.32. The number of rotatable bonds is 6. The number of pyridine rings is 1. The van der Waals surface area contributed by atoms with Crippen LogP contribution in [-0.2, 0) is 4.74 Å². The molecule has 0 fully saturated rings. The summed E-state index contributed by atoms with van der Waals surface area (Å²) in [5, 5.41) is 0. The van der Waals surface area contributed by atoms with Crippen molar-refractivity contribution in [2.75, 3.05) is 37.4 Å². The molecular weight excluding hydrogens is 214 g/mol. The first-order valence-corrected chi connectivity index (χ1v) is 6.01. The van der Waals surface area contributed by atoms with E-state index in [4.69, 9.17) is 10.5 Å². The third-order valence-corrected chi connectivity index (χ3v) is 2.49. The standard InChI is InChI=1S/C13H23N3O/c1-10(2)9-16(7-8-17-4)13-12(14)6-5-11(3)15-13/h5-6,10H,7-9,14H2,1-4H3. The second-order valence-corrected chi connectivity index (χ2v) is 4.70. The molecule has 0 radical (unpaired) electrons. The van der Waals surface area contributed by atoms with Gasteiger partial charge in [-0.3, -0.25) is 0 Å². The molecule has 0 unspecified atom stereocenters. The summed E-state index contributed by atoms with van der Waals surface area (Å²) < 4.78 is 5.14. The van der Waals surface area contributed by atoms with Crippen LogP contribution < -0.4 is 10.6 Å². The number of nitrogens with zero attached hydrogens (tertiary/aromatic N) is 2. The van der Waals surface area contributed by atoms with Gasteiger partial charge in [0.05, 0.1) is 12.3 Å². The molecule has 96 valence electrons. The SMILES string of the molecule is COCCN(CC(C)C)c1nc(C)ccc1N. The van der Waals surface area contributed by atoms with E-state index >= 15 is 0 Å². The molecule has 0 spiro atoms.